The van der Waals surface area contributed by atoms with Crippen molar-refractivity contribution in [2.75, 3.05) is 32.8 Å². The number of carbonyl (C=O) groups excluding carboxylic acids is 1. The summed E-state index contributed by atoms with van der Waals surface area (Å²) < 4.78 is 11.9. The summed E-state index contributed by atoms with van der Waals surface area (Å²) in [6, 6.07) is 0.601. The molecule has 126 valence electrons. The molecule has 3 aliphatic rings. The first-order valence-corrected chi connectivity index (χ1v) is 8.97. The largest absolute Gasteiger partial charge is 0.356 e. The van der Waals surface area contributed by atoms with Crippen LogP contribution in [0.15, 0.2) is 0 Å². The summed E-state index contributed by atoms with van der Waals surface area (Å²) in [5.41, 5.74) is 0. The number of carbonyl (C=O) groups is 1. The normalized spacial score (nSPS) is 34.5. The maximum Gasteiger partial charge on any atom is 0.224 e. The molecule has 5 nitrogen and oxygen atoms in total. The molecule has 1 saturated carbocycles. The number of fused-ring (bicyclic) bond motifs is 1. The summed E-state index contributed by atoms with van der Waals surface area (Å²) >= 11 is 0. The van der Waals surface area contributed by atoms with Crippen molar-refractivity contribution < 1.29 is 14.3 Å². The Morgan fingerprint density at radius 2 is 2.09 bits per heavy atom. The fraction of sp³-hybridized carbons (Fsp3) is 0.941. The Hall–Kier alpha value is -0.650. The van der Waals surface area contributed by atoms with Crippen molar-refractivity contribution in [3.05, 3.63) is 0 Å². The molecule has 1 spiro atoms. The third-order valence-electron chi connectivity index (χ3n) is 5.50. The lowest BCUT2D eigenvalue weighted by molar-refractivity contribution is -0.203. The van der Waals surface area contributed by atoms with E-state index in [0.29, 0.717) is 18.5 Å². The van der Waals surface area contributed by atoms with E-state index in [9.17, 15) is 4.79 Å². The van der Waals surface area contributed by atoms with E-state index in [-0.39, 0.29) is 17.6 Å². The molecule has 3 fully saturated rings. The Morgan fingerprint density at radius 3 is 2.77 bits per heavy atom. The Morgan fingerprint density at radius 1 is 1.32 bits per heavy atom. The fourth-order valence-corrected chi connectivity index (χ4v) is 4.63. The molecule has 0 radical (unpaired) electrons. The molecule has 2 heterocycles. The average molecular weight is 310 g/mol. The molecular weight excluding hydrogens is 280 g/mol. The Balaban J connectivity index is 1.71. The minimum Gasteiger partial charge on any atom is -0.356 e. The molecule has 0 aromatic heterocycles. The van der Waals surface area contributed by atoms with Crippen molar-refractivity contribution in [2.45, 2.75) is 57.8 Å². The van der Waals surface area contributed by atoms with Crippen LogP contribution in [-0.4, -0.2) is 55.5 Å². The van der Waals surface area contributed by atoms with E-state index in [0.717, 1.165) is 58.4 Å². The van der Waals surface area contributed by atoms with Crippen molar-refractivity contribution >= 4 is 5.91 Å². The Bertz CT molecular complexity index is 395. The molecule has 0 unspecified atom stereocenters. The number of likely N-dealkylation sites (tertiary alicyclic amines) is 1. The second-order valence-corrected chi connectivity index (χ2v) is 7.00. The molecule has 1 N–H and O–H groups in total. The zero-order valence-electron chi connectivity index (χ0n) is 14.0. The highest BCUT2D eigenvalue weighted by atomic mass is 16.7. The molecule has 1 amide bonds. The van der Waals surface area contributed by atoms with Crippen molar-refractivity contribution in [2.24, 2.45) is 11.8 Å². The number of hydrogen-bond donors (Lipinski definition) is 1. The predicted molar refractivity (Wildman–Crippen MR) is 84.4 cm³/mol. The van der Waals surface area contributed by atoms with Crippen LogP contribution in [0, 0.1) is 11.8 Å². The lowest BCUT2D eigenvalue weighted by Crippen LogP contribution is -2.57. The summed E-state index contributed by atoms with van der Waals surface area (Å²) in [6.07, 6.45) is 5.20. The predicted octanol–water partition coefficient (Wildman–Crippen LogP) is 1.77. The summed E-state index contributed by atoms with van der Waals surface area (Å²) in [6.45, 7) is 8.36. The molecule has 0 bridgehead atoms. The summed E-state index contributed by atoms with van der Waals surface area (Å²) in [7, 11) is 0. The standard InChI is InChI=1S/C17H30N2O3/c1-3-7-19-12-14(16(20)18-4-2)10-13-11-17(6-5-15(13)19)21-8-9-22-17/h13-15H,3-12H2,1-2H3,(H,18,20)/t13-,14-,15-/m1/s1. The SMILES string of the molecule is CCCN1C[C@H](C(=O)NCC)C[C@@H]2CC3(CC[C@H]21)OCCO3. The first-order valence-electron chi connectivity index (χ1n) is 8.97. The van der Waals surface area contributed by atoms with Crippen molar-refractivity contribution in [3.63, 3.8) is 0 Å². The van der Waals surface area contributed by atoms with Gasteiger partial charge < -0.3 is 14.8 Å². The Kier molecular flexibility index (Phi) is 5.05. The lowest BCUT2D eigenvalue weighted by Gasteiger charge is -2.50. The summed E-state index contributed by atoms with van der Waals surface area (Å²) in [4.78, 5) is 14.9. The minimum absolute atomic E-state index is 0.115. The number of hydrogen-bond acceptors (Lipinski definition) is 4. The molecule has 3 atom stereocenters. The maximum atomic E-state index is 12.3. The van der Waals surface area contributed by atoms with Crippen molar-refractivity contribution in [1.29, 1.82) is 0 Å². The van der Waals surface area contributed by atoms with Gasteiger partial charge in [-0.25, -0.2) is 0 Å². The van der Waals surface area contributed by atoms with Crippen LogP contribution >= 0.6 is 0 Å². The number of piperidine rings is 1. The van der Waals surface area contributed by atoms with Crippen LogP contribution in [0.25, 0.3) is 0 Å². The van der Waals surface area contributed by atoms with Gasteiger partial charge in [-0.1, -0.05) is 6.92 Å². The van der Waals surface area contributed by atoms with Crippen molar-refractivity contribution in [1.82, 2.24) is 10.2 Å². The van der Waals surface area contributed by atoms with E-state index >= 15 is 0 Å². The van der Waals surface area contributed by atoms with E-state index < -0.39 is 0 Å². The van der Waals surface area contributed by atoms with Gasteiger partial charge in [-0.2, -0.15) is 0 Å². The monoisotopic (exact) mass is 310 g/mol. The van der Waals surface area contributed by atoms with Crippen molar-refractivity contribution in [3.8, 4) is 0 Å². The highest BCUT2D eigenvalue weighted by Gasteiger charge is 2.49. The molecule has 0 aromatic carbocycles. The van der Waals surface area contributed by atoms with Gasteiger partial charge in [0.25, 0.3) is 0 Å². The number of rotatable bonds is 4. The molecule has 2 aliphatic heterocycles. The highest BCUT2D eigenvalue weighted by Crippen LogP contribution is 2.45. The molecule has 1 aliphatic carbocycles. The highest BCUT2D eigenvalue weighted by molar-refractivity contribution is 5.79. The van der Waals surface area contributed by atoms with Gasteiger partial charge in [0.2, 0.25) is 5.91 Å². The van der Waals surface area contributed by atoms with Crippen LogP contribution in [0.1, 0.15) is 46.0 Å². The van der Waals surface area contributed by atoms with Crippen LogP contribution in [-0.2, 0) is 14.3 Å². The fourth-order valence-electron chi connectivity index (χ4n) is 4.63. The number of nitrogens with one attached hydrogen (secondary N) is 1. The first kappa shape index (κ1) is 16.2. The molecule has 0 aromatic rings. The van der Waals surface area contributed by atoms with Crippen LogP contribution in [0.3, 0.4) is 0 Å². The number of ether oxygens (including phenoxy) is 2. The van der Waals surface area contributed by atoms with E-state index in [1.165, 1.54) is 0 Å². The lowest BCUT2D eigenvalue weighted by atomic mass is 9.72. The van der Waals surface area contributed by atoms with Gasteiger partial charge in [-0.15, -0.1) is 0 Å². The second-order valence-electron chi connectivity index (χ2n) is 7.00. The third kappa shape index (κ3) is 3.17. The van der Waals surface area contributed by atoms with Gasteiger partial charge in [0.05, 0.1) is 19.1 Å². The van der Waals surface area contributed by atoms with Gasteiger partial charge in [-0.05, 0) is 38.6 Å². The average Bonchev–Trinajstić information content (AvgIpc) is 2.95. The topological polar surface area (TPSA) is 50.8 Å². The van der Waals surface area contributed by atoms with E-state index in [1.807, 2.05) is 6.92 Å². The van der Waals surface area contributed by atoms with Crippen LogP contribution in [0.4, 0.5) is 0 Å². The molecule has 5 heteroatoms. The zero-order valence-corrected chi connectivity index (χ0v) is 14.0. The second kappa shape index (κ2) is 6.85. The van der Waals surface area contributed by atoms with Gasteiger partial charge in [-0.3, -0.25) is 9.69 Å². The smallest absolute Gasteiger partial charge is 0.224 e. The molecular formula is C17H30N2O3. The minimum atomic E-state index is -0.345. The number of nitrogens with zero attached hydrogens (tertiary/aromatic N) is 1. The van der Waals surface area contributed by atoms with Crippen LogP contribution in [0.2, 0.25) is 0 Å². The van der Waals surface area contributed by atoms with Gasteiger partial charge in [0, 0.05) is 32.0 Å². The third-order valence-corrected chi connectivity index (χ3v) is 5.50. The molecule has 22 heavy (non-hydrogen) atoms. The molecule has 2 saturated heterocycles. The van der Waals surface area contributed by atoms with E-state index in [2.05, 4.69) is 17.1 Å². The Labute approximate surface area is 133 Å². The van der Waals surface area contributed by atoms with Gasteiger partial charge >= 0.3 is 0 Å². The van der Waals surface area contributed by atoms with Crippen LogP contribution in [0.5, 0.6) is 0 Å². The summed E-state index contributed by atoms with van der Waals surface area (Å²) in [5, 5.41) is 3.01. The van der Waals surface area contributed by atoms with E-state index in [1.54, 1.807) is 0 Å². The summed E-state index contributed by atoms with van der Waals surface area (Å²) in [5.74, 6) is 0.501. The van der Waals surface area contributed by atoms with Crippen LogP contribution < -0.4 is 5.32 Å². The van der Waals surface area contributed by atoms with Gasteiger partial charge in [0.1, 0.15) is 0 Å². The van der Waals surface area contributed by atoms with E-state index in [4.69, 9.17) is 9.47 Å². The van der Waals surface area contributed by atoms with Gasteiger partial charge in [0.15, 0.2) is 5.79 Å². The number of amides is 1. The quantitative estimate of drug-likeness (QED) is 0.860. The maximum absolute atomic E-state index is 12.3. The molecule has 3 rings (SSSR count). The zero-order chi connectivity index (χ0) is 15.6. The first-order chi connectivity index (χ1) is 10.7.